The van der Waals surface area contributed by atoms with E-state index in [0.29, 0.717) is 19.4 Å². The molecule has 2 amide bonds. The molecule has 104 valence electrons. The van der Waals surface area contributed by atoms with Gasteiger partial charge in [0.2, 0.25) is 11.8 Å². The molecule has 0 aromatic rings. The number of hydrogen-bond donors (Lipinski definition) is 2. The molecule has 3 N–H and O–H groups in total. The van der Waals surface area contributed by atoms with E-state index in [1.54, 1.807) is 0 Å². The number of amides is 2. The average Bonchev–Trinajstić information content (AvgIpc) is 2.38. The van der Waals surface area contributed by atoms with Crippen molar-refractivity contribution in [3.63, 3.8) is 0 Å². The second kappa shape index (κ2) is 7.33. The molecule has 1 saturated heterocycles. The smallest absolute Gasteiger partial charge is 0.236 e. The number of carbonyl (C=O) groups is 2. The van der Waals surface area contributed by atoms with Crippen molar-refractivity contribution in [1.29, 1.82) is 0 Å². The number of likely N-dealkylation sites (N-methyl/N-ethyl adjacent to an activating group) is 1. The summed E-state index contributed by atoms with van der Waals surface area (Å²) in [6.45, 7) is 5.62. The Morgan fingerprint density at radius 3 is 2.44 bits per heavy atom. The van der Waals surface area contributed by atoms with Crippen molar-refractivity contribution in [2.75, 3.05) is 39.8 Å². The van der Waals surface area contributed by atoms with Gasteiger partial charge in [0, 0.05) is 39.1 Å². The van der Waals surface area contributed by atoms with Gasteiger partial charge in [-0.15, -0.1) is 0 Å². The third kappa shape index (κ3) is 4.62. The van der Waals surface area contributed by atoms with Gasteiger partial charge in [0.05, 0.1) is 6.04 Å². The standard InChI is InChI=1S/C12H24N4O2/c1-3-10(13)12(18)14-5-4-11(17)16-8-6-15(2)7-9-16/h10H,3-9,13H2,1-2H3,(H,14,18)/t10-/m0/s1. The quantitative estimate of drug-likeness (QED) is 0.661. The summed E-state index contributed by atoms with van der Waals surface area (Å²) in [6.07, 6.45) is 0.962. The fourth-order valence-electron chi connectivity index (χ4n) is 1.82. The predicted octanol–water partition coefficient (Wildman–Crippen LogP) is -0.996. The Balaban J connectivity index is 2.19. The molecule has 1 rings (SSSR count). The second-order valence-electron chi connectivity index (χ2n) is 4.74. The van der Waals surface area contributed by atoms with Gasteiger partial charge in [-0.1, -0.05) is 6.92 Å². The maximum Gasteiger partial charge on any atom is 0.236 e. The van der Waals surface area contributed by atoms with Crippen LogP contribution in [0.25, 0.3) is 0 Å². The largest absolute Gasteiger partial charge is 0.354 e. The topological polar surface area (TPSA) is 78.7 Å². The summed E-state index contributed by atoms with van der Waals surface area (Å²) in [7, 11) is 2.05. The van der Waals surface area contributed by atoms with Gasteiger partial charge < -0.3 is 20.9 Å². The number of piperazine rings is 1. The zero-order chi connectivity index (χ0) is 13.5. The normalized spacial score (nSPS) is 18.5. The van der Waals surface area contributed by atoms with Crippen molar-refractivity contribution in [2.45, 2.75) is 25.8 Å². The van der Waals surface area contributed by atoms with Gasteiger partial charge in [0.15, 0.2) is 0 Å². The lowest BCUT2D eigenvalue weighted by Crippen LogP contribution is -2.48. The Labute approximate surface area is 108 Å². The summed E-state index contributed by atoms with van der Waals surface area (Å²) >= 11 is 0. The van der Waals surface area contributed by atoms with Gasteiger partial charge in [-0.3, -0.25) is 9.59 Å². The summed E-state index contributed by atoms with van der Waals surface area (Å²) < 4.78 is 0. The maximum atomic E-state index is 11.9. The minimum Gasteiger partial charge on any atom is -0.354 e. The van der Waals surface area contributed by atoms with Crippen molar-refractivity contribution in [1.82, 2.24) is 15.1 Å². The van der Waals surface area contributed by atoms with E-state index in [2.05, 4.69) is 10.2 Å². The van der Waals surface area contributed by atoms with Gasteiger partial charge in [0.1, 0.15) is 0 Å². The van der Waals surface area contributed by atoms with Crippen molar-refractivity contribution < 1.29 is 9.59 Å². The summed E-state index contributed by atoms with van der Waals surface area (Å²) in [5.74, 6) is -0.0721. The first-order chi connectivity index (χ1) is 8.54. The number of nitrogens with two attached hydrogens (primary N) is 1. The van der Waals surface area contributed by atoms with Crippen LogP contribution in [0.4, 0.5) is 0 Å². The van der Waals surface area contributed by atoms with Crippen LogP contribution < -0.4 is 11.1 Å². The first-order valence-electron chi connectivity index (χ1n) is 6.54. The van der Waals surface area contributed by atoms with Crippen molar-refractivity contribution >= 4 is 11.8 Å². The van der Waals surface area contributed by atoms with E-state index in [0.717, 1.165) is 26.2 Å². The lowest BCUT2D eigenvalue weighted by atomic mass is 10.2. The Morgan fingerprint density at radius 1 is 1.28 bits per heavy atom. The molecular formula is C12H24N4O2. The number of nitrogens with zero attached hydrogens (tertiary/aromatic N) is 2. The van der Waals surface area contributed by atoms with Gasteiger partial charge >= 0.3 is 0 Å². The summed E-state index contributed by atoms with van der Waals surface area (Å²) in [5, 5.41) is 2.69. The van der Waals surface area contributed by atoms with Crippen LogP contribution in [0.1, 0.15) is 19.8 Å². The van der Waals surface area contributed by atoms with Crippen molar-refractivity contribution in [2.24, 2.45) is 5.73 Å². The molecule has 0 saturated carbocycles. The average molecular weight is 256 g/mol. The summed E-state index contributed by atoms with van der Waals surface area (Å²) in [5.41, 5.74) is 5.58. The van der Waals surface area contributed by atoms with Gasteiger partial charge in [-0.25, -0.2) is 0 Å². The zero-order valence-corrected chi connectivity index (χ0v) is 11.3. The molecule has 6 heteroatoms. The Hall–Kier alpha value is -1.14. The molecule has 1 heterocycles. The molecule has 0 aromatic carbocycles. The van der Waals surface area contributed by atoms with Crippen molar-refractivity contribution in [3.8, 4) is 0 Å². The van der Waals surface area contributed by atoms with Gasteiger partial charge in [-0.2, -0.15) is 0 Å². The Bertz CT molecular complexity index is 288. The molecule has 0 radical (unpaired) electrons. The molecule has 1 aliphatic rings. The molecule has 0 bridgehead atoms. The minimum absolute atomic E-state index is 0.105. The van der Waals surface area contributed by atoms with E-state index >= 15 is 0 Å². The lowest BCUT2D eigenvalue weighted by molar-refractivity contribution is -0.132. The van der Waals surface area contributed by atoms with Gasteiger partial charge in [0.25, 0.3) is 0 Å². The monoisotopic (exact) mass is 256 g/mol. The van der Waals surface area contributed by atoms with Gasteiger partial charge in [-0.05, 0) is 13.5 Å². The van der Waals surface area contributed by atoms with E-state index in [9.17, 15) is 9.59 Å². The van der Waals surface area contributed by atoms with Crippen LogP contribution >= 0.6 is 0 Å². The van der Waals surface area contributed by atoms with Crippen molar-refractivity contribution in [3.05, 3.63) is 0 Å². The highest BCUT2D eigenvalue weighted by Gasteiger charge is 2.19. The molecule has 0 aliphatic carbocycles. The van der Waals surface area contributed by atoms with Crippen LogP contribution in [0.5, 0.6) is 0 Å². The van der Waals surface area contributed by atoms with Crippen LogP contribution in [0, 0.1) is 0 Å². The minimum atomic E-state index is -0.469. The number of nitrogens with one attached hydrogen (secondary N) is 1. The zero-order valence-electron chi connectivity index (χ0n) is 11.3. The third-order valence-corrected chi connectivity index (χ3v) is 3.27. The molecule has 1 aliphatic heterocycles. The SMILES string of the molecule is CC[C@H](N)C(=O)NCCC(=O)N1CCN(C)CC1. The summed E-state index contributed by atoms with van der Waals surface area (Å²) in [6, 6.07) is -0.469. The molecule has 0 spiro atoms. The third-order valence-electron chi connectivity index (χ3n) is 3.27. The molecule has 18 heavy (non-hydrogen) atoms. The highest BCUT2D eigenvalue weighted by atomic mass is 16.2. The van der Waals surface area contributed by atoms with Crippen LogP contribution in [-0.2, 0) is 9.59 Å². The highest BCUT2D eigenvalue weighted by Crippen LogP contribution is 2.01. The van der Waals surface area contributed by atoms with E-state index in [1.807, 2.05) is 18.9 Å². The maximum absolute atomic E-state index is 11.9. The Kier molecular flexibility index (Phi) is 6.07. The predicted molar refractivity (Wildman–Crippen MR) is 70.0 cm³/mol. The lowest BCUT2D eigenvalue weighted by Gasteiger charge is -2.32. The summed E-state index contributed by atoms with van der Waals surface area (Å²) in [4.78, 5) is 27.3. The molecule has 1 atom stereocenters. The highest BCUT2D eigenvalue weighted by molar-refractivity contribution is 5.82. The number of carbonyl (C=O) groups excluding carboxylic acids is 2. The van der Waals surface area contributed by atoms with E-state index < -0.39 is 6.04 Å². The fraction of sp³-hybridized carbons (Fsp3) is 0.833. The van der Waals surface area contributed by atoms with Crippen LogP contribution in [0.15, 0.2) is 0 Å². The first kappa shape index (κ1) is 14.9. The van der Waals surface area contributed by atoms with Crippen LogP contribution in [-0.4, -0.2) is 67.4 Å². The van der Waals surface area contributed by atoms with E-state index in [4.69, 9.17) is 5.73 Å². The second-order valence-corrected chi connectivity index (χ2v) is 4.74. The first-order valence-corrected chi connectivity index (χ1v) is 6.54. The van der Waals surface area contributed by atoms with Crippen LogP contribution in [0.3, 0.4) is 0 Å². The fourth-order valence-corrected chi connectivity index (χ4v) is 1.82. The molecule has 0 unspecified atom stereocenters. The Morgan fingerprint density at radius 2 is 1.89 bits per heavy atom. The number of hydrogen-bond acceptors (Lipinski definition) is 4. The van der Waals surface area contributed by atoms with E-state index in [-0.39, 0.29) is 11.8 Å². The number of rotatable bonds is 5. The molecule has 0 aromatic heterocycles. The van der Waals surface area contributed by atoms with Crippen LogP contribution in [0.2, 0.25) is 0 Å². The van der Waals surface area contributed by atoms with E-state index in [1.165, 1.54) is 0 Å². The molecule has 1 fully saturated rings. The molecule has 6 nitrogen and oxygen atoms in total. The molecular weight excluding hydrogens is 232 g/mol.